The lowest BCUT2D eigenvalue weighted by atomic mass is 10.1. The Morgan fingerprint density at radius 1 is 1.18 bits per heavy atom. The van der Waals surface area contributed by atoms with E-state index in [1.165, 1.54) is 16.8 Å². The third kappa shape index (κ3) is 3.33. The summed E-state index contributed by atoms with van der Waals surface area (Å²) in [5.41, 5.74) is 5.32. The number of para-hydroxylation sites is 1. The normalized spacial score (nSPS) is 15.5. The highest BCUT2D eigenvalue weighted by atomic mass is 16.6. The van der Waals surface area contributed by atoms with Crippen LogP contribution in [-0.2, 0) is 11.2 Å². The number of amides is 1. The molecule has 1 aromatic heterocycles. The van der Waals surface area contributed by atoms with E-state index < -0.39 is 6.09 Å². The molecule has 1 unspecified atom stereocenters. The molecule has 28 heavy (non-hydrogen) atoms. The second kappa shape index (κ2) is 7.58. The van der Waals surface area contributed by atoms with Gasteiger partial charge < -0.3 is 14.2 Å². The molecule has 5 heteroatoms. The van der Waals surface area contributed by atoms with Gasteiger partial charge in [-0.1, -0.05) is 18.2 Å². The van der Waals surface area contributed by atoms with Crippen LogP contribution < -0.4 is 10.2 Å². The maximum atomic E-state index is 12.6. The van der Waals surface area contributed by atoms with Crippen molar-refractivity contribution in [3.63, 3.8) is 0 Å². The lowest BCUT2D eigenvalue weighted by Crippen LogP contribution is -2.22. The highest BCUT2D eigenvalue weighted by Gasteiger charge is 2.27. The molecule has 0 fully saturated rings. The number of rotatable bonds is 5. The quantitative estimate of drug-likeness (QED) is 0.639. The average molecular weight is 377 g/mol. The third-order valence-corrected chi connectivity index (χ3v) is 5.58. The Morgan fingerprint density at radius 3 is 2.71 bits per heavy atom. The van der Waals surface area contributed by atoms with E-state index in [9.17, 15) is 4.79 Å². The number of hydrogen-bond donors (Lipinski definition) is 1. The first kappa shape index (κ1) is 18.4. The number of aryl methyl sites for hydroxylation is 2. The summed E-state index contributed by atoms with van der Waals surface area (Å²) in [6.07, 6.45) is 1.07. The molecule has 3 aromatic rings. The van der Waals surface area contributed by atoms with Gasteiger partial charge >= 0.3 is 6.09 Å². The van der Waals surface area contributed by atoms with Crippen LogP contribution in [-0.4, -0.2) is 23.7 Å². The zero-order valence-corrected chi connectivity index (χ0v) is 16.7. The highest BCUT2D eigenvalue weighted by Crippen LogP contribution is 2.34. The molecule has 0 radical (unpaired) electrons. The van der Waals surface area contributed by atoms with Crippen molar-refractivity contribution in [3.05, 3.63) is 59.8 Å². The van der Waals surface area contributed by atoms with Crippen LogP contribution in [0.4, 0.5) is 16.2 Å². The van der Waals surface area contributed by atoms with E-state index in [2.05, 4.69) is 52.9 Å². The number of nitrogens with zero attached hydrogens (tertiary/aromatic N) is 2. The molecule has 1 N–H and O–H groups in total. The number of fused-ring (bicyclic) bond motifs is 3. The van der Waals surface area contributed by atoms with Crippen LogP contribution in [0.3, 0.4) is 0 Å². The number of nitrogens with one attached hydrogen (secondary N) is 1. The molecule has 0 spiro atoms. The molecule has 2 aromatic carbocycles. The van der Waals surface area contributed by atoms with Crippen molar-refractivity contribution in [2.45, 2.75) is 39.8 Å². The van der Waals surface area contributed by atoms with E-state index in [0.29, 0.717) is 0 Å². The summed E-state index contributed by atoms with van der Waals surface area (Å²) in [6.45, 7) is 8.21. The summed E-state index contributed by atoms with van der Waals surface area (Å²) in [5.74, 6) is 0. The Bertz CT molecular complexity index is 1000. The van der Waals surface area contributed by atoms with Gasteiger partial charge in [0.2, 0.25) is 0 Å². The summed E-state index contributed by atoms with van der Waals surface area (Å²) in [4.78, 5) is 14.8. The fraction of sp³-hybridized carbons (Fsp3) is 0.348. The zero-order valence-electron chi connectivity index (χ0n) is 16.7. The second-order valence-electron chi connectivity index (χ2n) is 7.26. The number of aromatic nitrogens is 1. The van der Waals surface area contributed by atoms with Gasteiger partial charge in [-0.25, -0.2) is 4.79 Å². The van der Waals surface area contributed by atoms with Gasteiger partial charge in [0.1, 0.15) is 0 Å². The number of ether oxygens (including phenoxy) is 1. The third-order valence-electron chi connectivity index (χ3n) is 5.58. The Kier molecular flexibility index (Phi) is 4.99. The Hall–Kier alpha value is -2.95. The first-order valence-electron chi connectivity index (χ1n) is 10.0. The molecule has 1 amide bonds. The summed E-state index contributed by atoms with van der Waals surface area (Å²) in [5, 5.41) is 4.11. The molecule has 0 aliphatic carbocycles. The van der Waals surface area contributed by atoms with Crippen molar-refractivity contribution in [2.75, 3.05) is 23.3 Å². The molecule has 1 aliphatic rings. The second-order valence-corrected chi connectivity index (χ2v) is 7.26. The zero-order chi connectivity index (χ0) is 19.7. The Morgan fingerprint density at radius 2 is 1.96 bits per heavy atom. The topological polar surface area (TPSA) is 46.5 Å². The lowest BCUT2D eigenvalue weighted by molar-refractivity contribution is 0.0750. The van der Waals surface area contributed by atoms with Crippen LogP contribution in [0.1, 0.15) is 37.8 Å². The molecule has 0 saturated heterocycles. The van der Waals surface area contributed by atoms with Crippen LogP contribution in [0.2, 0.25) is 0 Å². The van der Waals surface area contributed by atoms with E-state index in [0.717, 1.165) is 42.7 Å². The minimum atomic E-state index is -0.408. The molecular formula is C23H27N3O2. The van der Waals surface area contributed by atoms with Gasteiger partial charge in [0.25, 0.3) is 0 Å². The molecule has 4 rings (SSSR count). The van der Waals surface area contributed by atoms with Crippen LogP contribution in [0.5, 0.6) is 0 Å². The summed E-state index contributed by atoms with van der Waals surface area (Å²) in [7, 11) is 0. The fourth-order valence-corrected chi connectivity index (χ4v) is 4.11. The maximum absolute atomic E-state index is 12.6. The molecule has 0 bridgehead atoms. The molecule has 146 valence electrons. The largest absolute Gasteiger partial charge is 0.425 e. The average Bonchev–Trinajstić information content (AvgIpc) is 3.24. The SMILES string of the molecule is CCN(CC)c1ccc(NC(=O)OC2CCc3cc4ccccc4n32)c(C)c1. The summed E-state index contributed by atoms with van der Waals surface area (Å²) < 4.78 is 7.93. The highest BCUT2D eigenvalue weighted by molar-refractivity contribution is 5.86. The van der Waals surface area contributed by atoms with Crippen LogP contribution in [0, 0.1) is 6.92 Å². The van der Waals surface area contributed by atoms with E-state index in [1.54, 1.807) is 0 Å². The molecule has 1 atom stereocenters. The van der Waals surface area contributed by atoms with E-state index in [4.69, 9.17) is 4.74 Å². The van der Waals surface area contributed by atoms with Gasteiger partial charge in [-0.15, -0.1) is 0 Å². The maximum Gasteiger partial charge on any atom is 0.413 e. The van der Waals surface area contributed by atoms with Gasteiger partial charge in [0.05, 0.1) is 5.52 Å². The monoisotopic (exact) mass is 377 g/mol. The van der Waals surface area contributed by atoms with E-state index >= 15 is 0 Å². The Labute approximate surface area is 165 Å². The number of hydrogen-bond acceptors (Lipinski definition) is 3. The van der Waals surface area contributed by atoms with Crippen LogP contribution in [0.25, 0.3) is 10.9 Å². The number of benzene rings is 2. The van der Waals surface area contributed by atoms with Crippen LogP contribution >= 0.6 is 0 Å². The molecule has 1 aliphatic heterocycles. The Balaban J connectivity index is 1.48. The molecular weight excluding hydrogens is 350 g/mol. The standard InChI is InChI=1S/C23H27N3O2/c1-4-25(5-2)18-10-12-20(16(3)14-18)24-23(27)28-22-13-11-19-15-17-8-6-7-9-21(17)26(19)22/h6-10,12,14-15,22H,4-5,11,13H2,1-3H3,(H,24,27). The summed E-state index contributed by atoms with van der Waals surface area (Å²) in [6, 6.07) is 16.5. The number of anilines is 2. The van der Waals surface area contributed by atoms with E-state index in [1.807, 2.05) is 31.2 Å². The van der Waals surface area contributed by atoms with Crippen molar-refractivity contribution in [1.82, 2.24) is 4.57 Å². The van der Waals surface area contributed by atoms with Crippen molar-refractivity contribution < 1.29 is 9.53 Å². The number of carbonyl (C=O) groups is 1. The van der Waals surface area contributed by atoms with Gasteiger partial charge in [-0.2, -0.15) is 0 Å². The lowest BCUT2D eigenvalue weighted by Gasteiger charge is -2.22. The first-order valence-corrected chi connectivity index (χ1v) is 10.0. The summed E-state index contributed by atoms with van der Waals surface area (Å²) >= 11 is 0. The minimum Gasteiger partial charge on any atom is -0.425 e. The minimum absolute atomic E-state index is 0.259. The first-order chi connectivity index (χ1) is 13.6. The molecule has 0 saturated carbocycles. The predicted molar refractivity (Wildman–Crippen MR) is 114 cm³/mol. The van der Waals surface area contributed by atoms with Gasteiger partial charge in [-0.05, 0) is 68.5 Å². The van der Waals surface area contributed by atoms with Gasteiger partial charge in [0.15, 0.2) is 6.23 Å². The van der Waals surface area contributed by atoms with Crippen molar-refractivity contribution in [2.24, 2.45) is 0 Å². The van der Waals surface area contributed by atoms with E-state index in [-0.39, 0.29) is 6.23 Å². The van der Waals surface area contributed by atoms with Gasteiger partial charge in [0, 0.05) is 36.6 Å². The van der Waals surface area contributed by atoms with Crippen molar-refractivity contribution in [3.8, 4) is 0 Å². The van der Waals surface area contributed by atoms with Gasteiger partial charge in [-0.3, -0.25) is 5.32 Å². The molecule has 5 nitrogen and oxygen atoms in total. The number of carbonyl (C=O) groups excluding carboxylic acids is 1. The smallest absolute Gasteiger partial charge is 0.413 e. The van der Waals surface area contributed by atoms with Crippen molar-refractivity contribution in [1.29, 1.82) is 0 Å². The van der Waals surface area contributed by atoms with Crippen LogP contribution in [0.15, 0.2) is 48.5 Å². The molecule has 2 heterocycles. The van der Waals surface area contributed by atoms with Crippen molar-refractivity contribution >= 4 is 28.4 Å². The predicted octanol–water partition coefficient (Wildman–Crippen LogP) is 5.49. The fourth-order valence-electron chi connectivity index (χ4n) is 4.11.